The fourth-order valence-corrected chi connectivity index (χ4v) is 3.95. The zero-order valence-corrected chi connectivity index (χ0v) is 13.0. The average molecular weight is 304 g/mol. The Hall–Kier alpha value is -0.660. The van der Waals surface area contributed by atoms with E-state index >= 15 is 0 Å². The standard InChI is InChI=1S/C13H24N2O4S/c1-14(9-10-7-12(16)8-10)13(17)11-3-5-15(6-4-11)20(2,18)19/h10-12,16H,3-9H2,1-2H3. The second kappa shape index (κ2) is 5.99. The van der Waals surface area contributed by atoms with Crippen LogP contribution in [0.4, 0.5) is 0 Å². The lowest BCUT2D eigenvalue weighted by Gasteiger charge is -2.36. The smallest absolute Gasteiger partial charge is 0.225 e. The van der Waals surface area contributed by atoms with Crippen molar-refractivity contribution in [3.63, 3.8) is 0 Å². The van der Waals surface area contributed by atoms with Crippen molar-refractivity contribution in [1.82, 2.24) is 9.21 Å². The van der Waals surface area contributed by atoms with Crippen LogP contribution in [0, 0.1) is 11.8 Å². The van der Waals surface area contributed by atoms with E-state index in [0.29, 0.717) is 38.4 Å². The highest BCUT2D eigenvalue weighted by molar-refractivity contribution is 7.88. The van der Waals surface area contributed by atoms with E-state index in [4.69, 9.17) is 0 Å². The summed E-state index contributed by atoms with van der Waals surface area (Å²) in [6.07, 6.45) is 3.78. The highest BCUT2D eigenvalue weighted by Gasteiger charge is 2.33. The molecular weight excluding hydrogens is 280 g/mol. The normalized spacial score (nSPS) is 28.9. The van der Waals surface area contributed by atoms with Crippen molar-refractivity contribution < 1.29 is 18.3 Å². The number of aliphatic hydroxyl groups is 1. The summed E-state index contributed by atoms with van der Waals surface area (Å²) >= 11 is 0. The van der Waals surface area contributed by atoms with Gasteiger partial charge in [-0.05, 0) is 31.6 Å². The summed E-state index contributed by atoms with van der Waals surface area (Å²) in [5.74, 6) is 0.456. The number of nitrogens with zero attached hydrogens (tertiary/aromatic N) is 2. The van der Waals surface area contributed by atoms with Gasteiger partial charge in [0.15, 0.2) is 0 Å². The van der Waals surface area contributed by atoms with Gasteiger partial charge in [-0.1, -0.05) is 0 Å². The zero-order valence-electron chi connectivity index (χ0n) is 12.2. The Kier molecular flexibility index (Phi) is 4.71. The maximum atomic E-state index is 12.3. The Labute approximate surface area is 120 Å². The van der Waals surface area contributed by atoms with Gasteiger partial charge < -0.3 is 10.0 Å². The first kappa shape index (κ1) is 15.7. The van der Waals surface area contributed by atoms with Crippen LogP contribution in [-0.2, 0) is 14.8 Å². The van der Waals surface area contributed by atoms with Gasteiger partial charge in [-0.2, -0.15) is 0 Å². The number of carbonyl (C=O) groups excluding carboxylic acids is 1. The van der Waals surface area contributed by atoms with Gasteiger partial charge in [-0.15, -0.1) is 0 Å². The fourth-order valence-electron chi connectivity index (χ4n) is 3.07. The maximum Gasteiger partial charge on any atom is 0.225 e. The van der Waals surface area contributed by atoms with E-state index in [1.165, 1.54) is 10.6 Å². The van der Waals surface area contributed by atoms with E-state index in [0.717, 1.165) is 12.8 Å². The largest absolute Gasteiger partial charge is 0.393 e. The van der Waals surface area contributed by atoms with Crippen molar-refractivity contribution in [2.75, 3.05) is 32.9 Å². The Balaban J connectivity index is 1.79. The molecule has 0 bridgehead atoms. The number of piperidine rings is 1. The molecule has 0 atom stereocenters. The fraction of sp³-hybridized carbons (Fsp3) is 0.923. The molecule has 2 rings (SSSR count). The minimum Gasteiger partial charge on any atom is -0.393 e. The molecule has 1 aliphatic carbocycles. The highest BCUT2D eigenvalue weighted by atomic mass is 32.2. The molecule has 116 valence electrons. The lowest BCUT2D eigenvalue weighted by Crippen LogP contribution is -2.45. The summed E-state index contributed by atoms with van der Waals surface area (Å²) in [4.78, 5) is 14.1. The Bertz CT molecular complexity index is 451. The van der Waals surface area contributed by atoms with Gasteiger partial charge in [0, 0.05) is 32.6 Å². The number of sulfonamides is 1. The molecule has 1 amide bonds. The van der Waals surface area contributed by atoms with Crippen LogP contribution < -0.4 is 0 Å². The van der Waals surface area contributed by atoms with Crippen LogP contribution >= 0.6 is 0 Å². The number of hydrogen-bond acceptors (Lipinski definition) is 4. The molecule has 1 aliphatic heterocycles. The maximum absolute atomic E-state index is 12.3. The predicted octanol–water partition coefficient (Wildman–Crippen LogP) is -0.113. The van der Waals surface area contributed by atoms with Gasteiger partial charge >= 0.3 is 0 Å². The molecule has 0 aromatic heterocycles. The third kappa shape index (κ3) is 3.71. The summed E-state index contributed by atoms with van der Waals surface area (Å²) in [5.41, 5.74) is 0. The molecule has 0 spiro atoms. The Morgan fingerprint density at radius 2 is 1.85 bits per heavy atom. The lowest BCUT2D eigenvalue weighted by atomic mass is 9.82. The van der Waals surface area contributed by atoms with Gasteiger partial charge in [0.2, 0.25) is 15.9 Å². The highest BCUT2D eigenvalue weighted by Crippen LogP contribution is 2.28. The van der Waals surface area contributed by atoms with Gasteiger partial charge in [0.25, 0.3) is 0 Å². The summed E-state index contributed by atoms with van der Waals surface area (Å²) in [5, 5.41) is 9.26. The number of rotatable bonds is 4. The first-order chi connectivity index (χ1) is 9.27. The molecule has 7 heteroatoms. The second-order valence-corrected chi connectivity index (χ2v) is 8.13. The third-order valence-electron chi connectivity index (χ3n) is 4.39. The first-order valence-electron chi connectivity index (χ1n) is 7.15. The van der Waals surface area contributed by atoms with E-state index in [1.807, 2.05) is 0 Å². The molecule has 1 heterocycles. The van der Waals surface area contributed by atoms with Crippen molar-refractivity contribution in [2.45, 2.75) is 31.8 Å². The molecule has 0 unspecified atom stereocenters. The molecule has 0 aromatic rings. The number of carbonyl (C=O) groups is 1. The molecule has 20 heavy (non-hydrogen) atoms. The Morgan fingerprint density at radius 1 is 1.30 bits per heavy atom. The summed E-state index contributed by atoms with van der Waals surface area (Å²) < 4.78 is 24.3. The van der Waals surface area contributed by atoms with E-state index in [9.17, 15) is 18.3 Å². The SMILES string of the molecule is CN(CC1CC(O)C1)C(=O)C1CCN(S(C)(=O)=O)CC1. The van der Waals surface area contributed by atoms with Gasteiger partial charge in [0.1, 0.15) is 0 Å². The van der Waals surface area contributed by atoms with Gasteiger partial charge in [-0.25, -0.2) is 12.7 Å². The van der Waals surface area contributed by atoms with E-state index in [2.05, 4.69) is 0 Å². The molecule has 6 nitrogen and oxygen atoms in total. The van der Waals surface area contributed by atoms with Crippen molar-refractivity contribution in [2.24, 2.45) is 11.8 Å². The van der Waals surface area contributed by atoms with Gasteiger partial charge in [0.05, 0.1) is 12.4 Å². The second-order valence-electron chi connectivity index (χ2n) is 6.15. The molecule has 1 N–H and O–H groups in total. The summed E-state index contributed by atoms with van der Waals surface area (Å²) in [6, 6.07) is 0. The molecule has 0 radical (unpaired) electrons. The van der Waals surface area contributed by atoms with Crippen molar-refractivity contribution in [3.8, 4) is 0 Å². The third-order valence-corrected chi connectivity index (χ3v) is 5.69. The Morgan fingerprint density at radius 3 is 2.30 bits per heavy atom. The topological polar surface area (TPSA) is 77.9 Å². The first-order valence-corrected chi connectivity index (χ1v) is 9.00. The van der Waals surface area contributed by atoms with Crippen molar-refractivity contribution >= 4 is 15.9 Å². The van der Waals surface area contributed by atoms with Crippen LogP contribution in [0.2, 0.25) is 0 Å². The summed E-state index contributed by atoms with van der Waals surface area (Å²) in [7, 11) is -1.33. The molecule has 2 fully saturated rings. The molecule has 1 saturated heterocycles. The quantitative estimate of drug-likeness (QED) is 0.786. The van der Waals surface area contributed by atoms with E-state index < -0.39 is 10.0 Å². The predicted molar refractivity (Wildman–Crippen MR) is 75.5 cm³/mol. The molecular formula is C13H24N2O4S. The minimum atomic E-state index is -3.13. The minimum absolute atomic E-state index is 0.0667. The van der Waals surface area contributed by atoms with E-state index in [1.54, 1.807) is 11.9 Å². The van der Waals surface area contributed by atoms with Crippen molar-refractivity contribution in [1.29, 1.82) is 0 Å². The molecule has 1 saturated carbocycles. The molecule has 0 aromatic carbocycles. The monoisotopic (exact) mass is 304 g/mol. The summed E-state index contributed by atoms with van der Waals surface area (Å²) in [6.45, 7) is 1.57. The van der Waals surface area contributed by atoms with E-state index in [-0.39, 0.29) is 17.9 Å². The van der Waals surface area contributed by atoms with Crippen LogP contribution in [0.3, 0.4) is 0 Å². The van der Waals surface area contributed by atoms with Crippen LogP contribution in [0.5, 0.6) is 0 Å². The number of hydrogen-bond donors (Lipinski definition) is 1. The van der Waals surface area contributed by atoms with Crippen LogP contribution in [0.25, 0.3) is 0 Å². The van der Waals surface area contributed by atoms with Crippen LogP contribution in [0.1, 0.15) is 25.7 Å². The van der Waals surface area contributed by atoms with Crippen LogP contribution in [0.15, 0.2) is 0 Å². The molecule has 2 aliphatic rings. The van der Waals surface area contributed by atoms with Gasteiger partial charge in [-0.3, -0.25) is 4.79 Å². The van der Waals surface area contributed by atoms with Crippen molar-refractivity contribution in [3.05, 3.63) is 0 Å². The zero-order chi connectivity index (χ0) is 14.9. The lowest BCUT2D eigenvalue weighted by molar-refractivity contribution is -0.137. The number of amides is 1. The van der Waals surface area contributed by atoms with Crippen LogP contribution in [-0.4, -0.2) is 67.7 Å². The average Bonchev–Trinajstić information content (AvgIpc) is 2.35. The number of aliphatic hydroxyl groups excluding tert-OH is 1.